The molecular weight excluding hydrogens is 343 g/mol. The topological polar surface area (TPSA) is 77.0 Å². The third-order valence-corrected chi connectivity index (χ3v) is 3.22. The number of rotatable bonds is 2. The van der Waals surface area contributed by atoms with E-state index in [9.17, 15) is 0 Å². The predicted molar refractivity (Wildman–Crippen MR) is 78.7 cm³/mol. The average molecular weight is 352 g/mol. The summed E-state index contributed by atoms with van der Waals surface area (Å²) in [6.07, 6.45) is 0. The van der Waals surface area contributed by atoms with E-state index in [1.165, 1.54) is 0 Å². The zero-order valence-electron chi connectivity index (χ0n) is 9.22. The molecule has 5 nitrogen and oxygen atoms in total. The van der Waals surface area contributed by atoms with Crippen LogP contribution in [-0.2, 0) is 0 Å². The van der Waals surface area contributed by atoms with Crippen molar-refractivity contribution in [3.63, 3.8) is 0 Å². The second-order valence-electron chi connectivity index (χ2n) is 3.80. The highest BCUT2D eigenvalue weighted by molar-refractivity contribution is 14.1. The van der Waals surface area contributed by atoms with E-state index < -0.39 is 0 Å². The molecular formula is C12H9IN4O. The lowest BCUT2D eigenvalue weighted by Gasteiger charge is -2.07. The number of halogens is 1. The molecule has 2 aromatic carbocycles. The van der Waals surface area contributed by atoms with Gasteiger partial charge < -0.3 is 11.1 Å². The van der Waals surface area contributed by atoms with Crippen molar-refractivity contribution in [2.24, 2.45) is 0 Å². The molecule has 0 unspecified atom stereocenters. The second kappa shape index (κ2) is 4.45. The second-order valence-corrected chi connectivity index (χ2v) is 5.04. The van der Waals surface area contributed by atoms with Crippen LogP contribution in [0, 0.1) is 3.57 Å². The maximum absolute atomic E-state index is 5.80. The lowest BCUT2D eigenvalue weighted by molar-refractivity contribution is 0.316. The molecule has 1 aromatic heterocycles. The monoisotopic (exact) mass is 352 g/mol. The Morgan fingerprint density at radius 1 is 1.11 bits per heavy atom. The summed E-state index contributed by atoms with van der Waals surface area (Å²) in [5.74, 6) is 0. The number of fused-ring (bicyclic) bond motifs is 1. The molecule has 0 bridgehead atoms. The van der Waals surface area contributed by atoms with Crippen molar-refractivity contribution in [3.05, 3.63) is 40.0 Å². The van der Waals surface area contributed by atoms with Gasteiger partial charge in [-0.05, 0) is 63.2 Å². The van der Waals surface area contributed by atoms with Crippen LogP contribution in [0.5, 0.6) is 0 Å². The van der Waals surface area contributed by atoms with Crippen molar-refractivity contribution < 1.29 is 4.63 Å². The number of aromatic nitrogens is 2. The Hall–Kier alpha value is -1.83. The van der Waals surface area contributed by atoms with E-state index in [2.05, 4.69) is 38.2 Å². The minimum Gasteiger partial charge on any atom is -0.397 e. The number of hydrogen-bond donors (Lipinski definition) is 2. The van der Waals surface area contributed by atoms with Gasteiger partial charge in [-0.1, -0.05) is 6.07 Å². The fourth-order valence-corrected chi connectivity index (χ4v) is 2.25. The molecule has 3 rings (SSSR count). The van der Waals surface area contributed by atoms with E-state index >= 15 is 0 Å². The van der Waals surface area contributed by atoms with Crippen LogP contribution in [0.2, 0.25) is 0 Å². The highest BCUT2D eigenvalue weighted by atomic mass is 127. The van der Waals surface area contributed by atoms with Crippen molar-refractivity contribution >= 4 is 50.7 Å². The van der Waals surface area contributed by atoms with Crippen LogP contribution < -0.4 is 11.1 Å². The van der Waals surface area contributed by atoms with E-state index in [-0.39, 0.29) is 0 Å². The van der Waals surface area contributed by atoms with E-state index in [0.717, 1.165) is 14.9 Å². The summed E-state index contributed by atoms with van der Waals surface area (Å²) >= 11 is 2.26. The van der Waals surface area contributed by atoms with Crippen molar-refractivity contribution in [2.45, 2.75) is 0 Å². The van der Waals surface area contributed by atoms with Gasteiger partial charge >= 0.3 is 0 Å². The molecule has 0 aliphatic heterocycles. The zero-order valence-corrected chi connectivity index (χ0v) is 11.4. The number of nitrogens with one attached hydrogen (secondary N) is 1. The molecule has 0 saturated carbocycles. The van der Waals surface area contributed by atoms with Crippen LogP contribution in [0.25, 0.3) is 11.0 Å². The highest BCUT2D eigenvalue weighted by Crippen LogP contribution is 2.28. The Bertz CT molecular complexity index is 710. The summed E-state index contributed by atoms with van der Waals surface area (Å²) in [4.78, 5) is 0. The number of nitrogens with two attached hydrogens (primary N) is 1. The van der Waals surface area contributed by atoms with E-state index in [0.29, 0.717) is 16.7 Å². The highest BCUT2D eigenvalue weighted by Gasteiger charge is 2.10. The molecule has 0 radical (unpaired) electrons. The Kier molecular flexibility index (Phi) is 2.78. The Labute approximate surface area is 116 Å². The molecule has 0 aliphatic carbocycles. The molecule has 6 heteroatoms. The maximum Gasteiger partial charge on any atom is 0.160 e. The Morgan fingerprint density at radius 2 is 1.94 bits per heavy atom. The summed E-state index contributed by atoms with van der Waals surface area (Å²) in [6, 6.07) is 11.7. The van der Waals surface area contributed by atoms with Crippen molar-refractivity contribution in [1.82, 2.24) is 10.3 Å². The lowest BCUT2D eigenvalue weighted by Crippen LogP contribution is -1.94. The summed E-state index contributed by atoms with van der Waals surface area (Å²) in [7, 11) is 0. The third-order valence-electron chi connectivity index (χ3n) is 2.55. The van der Waals surface area contributed by atoms with Crippen molar-refractivity contribution in [2.75, 3.05) is 11.1 Å². The van der Waals surface area contributed by atoms with Crippen molar-refractivity contribution in [3.8, 4) is 0 Å². The fourth-order valence-electron chi connectivity index (χ4n) is 1.71. The first kappa shape index (κ1) is 11.3. The minimum atomic E-state index is 0.555. The normalized spacial score (nSPS) is 10.7. The zero-order chi connectivity index (χ0) is 12.5. The Morgan fingerprint density at radius 3 is 2.78 bits per heavy atom. The van der Waals surface area contributed by atoms with Gasteiger partial charge in [-0.2, -0.15) is 0 Å². The molecule has 0 spiro atoms. The third kappa shape index (κ3) is 1.99. The number of nitrogen functional groups attached to an aromatic ring is 1. The van der Waals surface area contributed by atoms with Gasteiger partial charge in [-0.3, -0.25) is 0 Å². The number of benzene rings is 2. The number of anilines is 3. The van der Waals surface area contributed by atoms with Gasteiger partial charge in [-0.15, -0.1) is 0 Å². The van der Waals surface area contributed by atoms with Gasteiger partial charge in [0.25, 0.3) is 0 Å². The molecule has 90 valence electrons. The van der Waals surface area contributed by atoms with Crippen LogP contribution in [0.1, 0.15) is 0 Å². The first-order valence-electron chi connectivity index (χ1n) is 5.27. The smallest absolute Gasteiger partial charge is 0.160 e. The fraction of sp³-hybridized carbons (Fsp3) is 0. The standard InChI is InChI=1S/C12H9IN4O/c13-7-2-1-3-8(6-7)15-10-5-4-9(14)11-12(10)17-18-16-11/h1-6,15H,14H2. The summed E-state index contributed by atoms with van der Waals surface area (Å²) in [6.45, 7) is 0. The quantitative estimate of drug-likeness (QED) is 0.547. The molecule has 1 heterocycles. The first-order valence-corrected chi connectivity index (χ1v) is 6.35. The summed E-state index contributed by atoms with van der Waals surface area (Å²) in [5, 5.41) is 10.9. The molecule has 0 fully saturated rings. The summed E-state index contributed by atoms with van der Waals surface area (Å²) in [5.41, 5.74) is 9.36. The maximum atomic E-state index is 5.80. The SMILES string of the molecule is Nc1ccc(Nc2cccc(I)c2)c2nonc12. The van der Waals surface area contributed by atoms with Crippen LogP contribution >= 0.6 is 22.6 Å². The van der Waals surface area contributed by atoms with Gasteiger partial charge in [0.05, 0.1) is 11.4 Å². The van der Waals surface area contributed by atoms with E-state index in [1.807, 2.05) is 30.3 Å². The lowest BCUT2D eigenvalue weighted by atomic mass is 10.2. The van der Waals surface area contributed by atoms with Gasteiger partial charge in [0.15, 0.2) is 11.0 Å². The molecule has 0 aliphatic rings. The van der Waals surface area contributed by atoms with Crippen LogP contribution in [0.3, 0.4) is 0 Å². The molecule has 18 heavy (non-hydrogen) atoms. The molecule has 3 N–H and O–H groups in total. The summed E-state index contributed by atoms with van der Waals surface area (Å²) < 4.78 is 5.88. The average Bonchev–Trinajstić information content (AvgIpc) is 2.83. The predicted octanol–water partition coefficient (Wildman–Crippen LogP) is 3.15. The molecule has 0 amide bonds. The number of hydrogen-bond acceptors (Lipinski definition) is 5. The largest absolute Gasteiger partial charge is 0.397 e. The van der Waals surface area contributed by atoms with Crippen LogP contribution in [0.15, 0.2) is 41.0 Å². The number of nitrogens with zero attached hydrogens (tertiary/aromatic N) is 2. The molecule has 0 saturated heterocycles. The van der Waals surface area contributed by atoms with Gasteiger partial charge in [0.2, 0.25) is 0 Å². The van der Waals surface area contributed by atoms with Crippen molar-refractivity contribution in [1.29, 1.82) is 0 Å². The van der Waals surface area contributed by atoms with E-state index in [4.69, 9.17) is 10.4 Å². The Balaban J connectivity index is 2.05. The van der Waals surface area contributed by atoms with Gasteiger partial charge in [-0.25, -0.2) is 4.63 Å². The molecule has 3 aromatic rings. The van der Waals surface area contributed by atoms with Gasteiger partial charge in [0.1, 0.15) is 0 Å². The first-order chi connectivity index (χ1) is 8.74. The molecule has 0 atom stereocenters. The van der Waals surface area contributed by atoms with Gasteiger partial charge in [0, 0.05) is 9.26 Å². The van der Waals surface area contributed by atoms with E-state index in [1.54, 1.807) is 6.07 Å². The van der Waals surface area contributed by atoms with Crippen LogP contribution in [-0.4, -0.2) is 10.3 Å². The minimum absolute atomic E-state index is 0.555. The van der Waals surface area contributed by atoms with Crippen LogP contribution in [0.4, 0.5) is 17.1 Å².